The topological polar surface area (TPSA) is 84.2 Å². The Morgan fingerprint density at radius 2 is 1.72 bits per heavy atom. The van der Waals surface area contributed by atoms with Gasteiger partial charge in [-0.3, -0.25) is 4.79 Å². The highest BCUT2D eigenvalue weighted by atomic mass is 32.1. The molecule has 0 saturated heterocycles. The lowest BCUT2D eigenvalue weighted by Gasteiger charge is -2.12. The number of thiazole rings is 1. The molecule has 32 heavy (non-hydrogen) atoms. The molecule has 9 heteroatoms. The number of hydrogen-bond acceptors (Lipinski definition) is 8. The standard InChI is InChI=1S/C23H23N3O5S/c1-5-10-31-16-8-6-14(7-9-16)11-19-22(27)26-23(32-19)24-21(25-26)15-12-17(28-2)20(30-4)18(13-15)29-3/h6-9,11-13H,5,10H2,1-4H3. The minimum absolute atomic E-state index is 0.220. The van der Waals surface area contributed by atoms with Crippen molar-refractivity contribution < 1.29 is 18.9 Å². The van der Waals surface area contributed by atoms with Crippen molar-refractivity contribution in [3.8, 4) is 34.4 Å². The van der Waals surface area contributed by atoms with Gasteiger partial charge < -0.3 is 18.9 Å². The lowest BCUT2D eigenvalue weighted by molar-refractivity contribution is 0.317. The first-order valence-corrected chi connectivity index (χ1v) is 10.8. The molecule has 2 aromatic heterocycles. The lowest BCUT2D eigenvalue weighted by Crippen LogP contribution is -2.23. The summed E-state index contributed by atoms with van der Waals surface area (Å²) in [6, 6.07) is 11.1. The fraction of sp³-hybridized carbons (Fsp3) is 0.261. The summed E-state index contributed by atoms with van der Waals surface area (Å²) in [6.45, 7) is 2.74. The zero-order valence-electron chi connectivity index (χ0n) is 18.2. The van der Waals surface area contributed by atoms with E-state index in [-0.39, 0.29) is 5.56 Å². The number of nitrogens with zero attached hydrogens (tertiary/aromatic N) is 3. The molecule has 0 N–H and O–H groups in total. The van der Waals surface area contributed by atoms with Crippen molar-refractivity contribution in [3.05, 3.63) is 56.8 Å². The van der Waals surface area contributed by atoms with Crippen LogP contribution in [-0.4, -0.2) is 42.5 Å². The molecular weight excluding hydrogens is 430 g/mol. The van der Waals surface area contributed by atoms with Gasteiger partial charge in [-0.2, -0.15) is 9.50 Å². The van der Waals surface area contributed by atoms with Crippen molar-refractivity contribution in [3.63, 3.8) is 0 Å². The Hall–Kier alpha value is -3.59. The van der Waals surface area contributed by atoms with Gasteiger partial charge in [0.2, 0.25) is 10.7 Å². The first kappa shape index (κ1) is 21.6. The largest absolute Gasteiger partial charge is 0.494 e. The molecule has 0 aliphatic carbocycles. The minimum Gasteiger partial charge on any atom is -0.494 e. The number of benzene rings is 2. The molecule has 4 rings (SSSR count). The Morgan fingerprint density at radius 1 is 1.03 bits per heavy atom. The number of methoxy groups -OCH3 is 3. The molecule has 166 valence electrons. The second-order valence-electron chi connectivity index (χ2n) is 6.88. The van der Waals surface area contributed by atoms with Crippen LogP contribution in [0.4, 0.5) is 0 Å². The van der Waals surface area contributed by atoms with Gasteiger partial charge in [0.05, 0.1) is 32.5 Å². The van der Waals surface area contributed by atoms with Crippen LogP contribution in [0.3, 0.4) is 0 Å². The van der Waals surface area contributed by atoms with Crippen LogP contribution in [0.25, 0.3) is 22.4 Å². The van der Waals surface area contributed by atoms with Crippen LogP contribution in [0.5, 0.6) is 23.0 Å². The van der Waals surface area contributed by atoms with Gasteiger partial charge in [-0.05, 0) is 42.3 Å². The van der Waals surface area contributed by atoms with Crippen LogP contribution < -0.4 is 29.0 Å². The molecule has 0 aliphatic heterocycles. The maximum atomic E-state index is 12.9. The summed E-state index contributed by atoms with van der Waals surface area (Å²) in [5.74, 6) is 2.67. The maximum Gasteiger partial charge on any atom is 0.291 e. The highest BCUT2D eigenvalue weighted by Gasteiger charge is 2.18. The predicted molar refractivity (Wildman–Crippen MR) is 123 cm³/mol. The van der Waals surface area contributed by atoms with E-state index in [1.807, 2.05) is 30.3 Å². The average Bonchev–Trinajstić information content (AvgIpc) is 3.36. The van der Waals surface area contributed by atoms with E-state index in [1.54, 1.807) is 33.5 Å². The van der Waals surface area contributed by atoms with Crippen molar-refractivity contribution in [2.75, 3.05) is 27.9 Å². The average molecular weight is 454 g/mol. The monoisotopic (exact) mass is 453 g/mol. The third-order valence-corrected chi connectivity index (χ3v) is 5.71. The van der Waals surface area contributed by atoms with E-state index in [4.69, 9.17) is 18.9 Å². The van der Waals surface area contributed by atoms with Crippen LogP contribution in [-0.2, 0) is 0 Å². The van der Waals surface area contributed by atoms with Gasteiger partial charge in [0.25, 0.3) is 5.56 Å². The smallest absolute Gasteiger partial charge is 0.291 e. The van der Waals surface area contributed by atoms with Crippen LogP contribution >= 0.6 is 11.3 Å². The quantitative estimate of drug-likeness (QED) is 0.405. The van der Waals surface area contributed by atoms with Gasteiger partial charge in [0.1, 0.15) is 5.75 Å². The molecular formula is C23H23N3O5S. The van der Waals surface area contributed by atoms with E-state index in [2.05, 4.69) is 17.0 Å². The van der Waals surface area contributed by atoms with Gasteiger partial charge in [-0.25, -0.2) is 0 Å². The maximum absolute atomic E-state index is 12.9. The van der Waals surface area contributed by atoms with E-state index in [1.165, 1.54) is 15.9 Å². The first-order chi connectivity index (χ1) is 15.6. The van der Waals surface area contributed by atoms with Crippen LogP contribution in [0, 0.1) is 0 Å². The van der Waals surface area contributed by atoms with Crippen LogP contribution in [0.15, 0.2) is 41.2 Å². The second kappa shape index (κ2) is 9.27. The molecule has 0 bridgehead atoms. The van der Waals surface area contributed by atoms with E-state index in [9.17, 15) is 4.79 Å². The Bertz CT molecular complexity index is 1320. The second-order valence-corrected chi connectivity index (χ2v) is 7.89. The number of hydrogen-bond donors (Lipinski definition) is 0. The zero-order chi connectivity index (χ0) is 22.7. The molecule has 0 aliphatic rings. The summed E-state index contributed by atoms with van der Waals surface area (Å²) in [7, 11) is 4.62. The summed E-state index contributed by atoms with van der Waals surface area (Å²) in [6.07, 6.45) is 2.78. The summed E-state index contributed by atoms with van der Waals surface area (Å²) in [5.41, 5.74) is 1.34. The number of fused-ring (bicyclic) bond motifs is 1. The Balaban J connectivity index is 1.69. The fourth-order valence-electron chi connectivity index (χ4n) is 3.20. The molecule has 2 heterocycles. The van der Waals surface area contributed by atoms with Crippen LogP contribution in [0.2, 0.25) is 0 Å². The van der Waals surface area contributed by atoms with Crippen molar-refractivity contribution >= 4 is 22.4 Å². The molecule has 0 unspecified atom stereocenters. The fourth-order valence-corrected chi connectivity index (χ4v) is 4.11. The van der Waals surface area contributed by atoms with E-state index in [0.717, 1.165) is 17.7 Å². The number of ether oxygens (including phenoxy) is 4. The Labute approximate surface area is 188 Å². The van der Waals surface area contributed by atoms with Gasteiger partial charge >= 0.3 is 0 Å². The normalized spacial score (nSPS) is 11.7. The van der Waals surface area contributed by atoms with Crippen molar-refractivity contribution in [2.45, 2.75) is 13.3 Å². The molecule has 0 saturated carbocycles. The summed E-state index contributed by atoms with van der Waals surface area (Å²) >= 11 is 1.28. The molecule has 2 aromatic carbocycles. The van der Waals surface area contributed by atoms with Crippen molar-refractivity contribution in [1.29, 1.82) is 0 Å². The third kappa shape index (κ3) is 4.11. The number of aromatic nitrogens is 3. The Morgan fingerprint density at radius 3 is 2.28 bits per heavy atom. The first-order valence-electron chi connectivity index (χ1n) is 10.0. The molecule has 0 amide bonds. The molecule has 0 atom stereocenters. The molecule has 0 spiro atoms. The SMILES string of the molecule is CCCOc1ccc(C=c2sc3nc(-c4cc(OC)c(OC)c(OC)c4)nn3c2=O)cc1. The lowest BCUT2D eigenvalue weighted by atomic mass is 10.1. The summed E-state index contributed by atoms with van der Waals surface area (Å²) in [5, 5.41) is 4.41. The van der Waals surface area contributed by atoms with E-state index in [0.29, 0.717) is 44.7 Å². The van der Waals surface area contributed by atoms with Crippen molar-refractivity contribution in [1.82, 2.24) is 14.6 Å². The van der Waals surface area contributed by atoms with E-state index >= 15 is 0 Å². The Kier molecular flexibility index (Phi) is 6.27. The molecule has 0 fully saturated rings. The summed E-state index contributed by atoms with van der Waals surface area (Å²) < 4.78 is 23.6. The zero-order valence-corrected chi connectivity index (χ0v) is 19.1. The predicted octanol–water partition coefficient (Wildman–Crippen LogP) is 3.18. The highest BCUT2D eigenvalue weighted by Crippen LogP contribution is 2.40. The molecule has 0 radical (unpaired) electrons. The van der Waals surface area contributed by atoms with E-state index < -0.39 is 0 Å². The summed E-state index contributed by atoms with van der Waals surface area (Å²) in [4.78, 5) is 17.9. The third-order valence-electron chi connectivity index (χ3n) is 4.76. The van der Waals surface area contributed by atoms with Crippen molar-refractivity contribution in [2.24, 2.45) is 0 Å². The number of rotatable bonds is 8. The minimum atomic E-state index is -0.220. The van der Waals surface area contributed by atoms with Gasteiger partial charge in [0, 0.05) is 5.56 Å². The van der Waals surface area contributed by atoms with Gasteiger partial charge in [0.15, 0.2) is 17.3 Å². The molecule has 4 aromatic rings. The highest BCUT2D eigenvalue weighted by molar-refractivity contribution is 7.15. The van der Waals surface area contributed by atoms with Crippen LogP contribution in [0.1, 0.15) is 18.9 Å². The van der Waals surface area contributed by atoms with Gasteiger partial charge in [-0.15, -0.1) is 5.10 Å². The van der Waals surface area contributed by atoms with Gasteiger partial charge in [-0.1, -0.05) is 30.4 Å². The molecule has 8 nitrogen and oxygen atoms in total.